The summed E-state index contributed by atoms with van der Waals surface area (Å²) in [5.74, 6) is -0.250. The van der Waals surface area contributed by atoms with Gasteiger partial charge in [-0.25, -0.2) is 0 Å². The number of carbonyl (C=O) groups is 1. The number of hydrogen-bond donors (Lipinski definition) is 1. The minimum absolute atomic E-state index is 0.250. The quantitative estimate of drug-likeness (QED) is 0.624. The Balaban J connectivity index is 2.94. The first kappa shape index (κ1) is 13.4. The minimum atomic E-state index is -0.250. The van der Waals surface area contributed by atoms with Crippen molar-refractivity contribution in [3.05, 3.63) is 38.8 Å². The van der Waals surface area contributed by atoms with Gasteiger partial charge in [0.1, 0.15) is 0 Å². The molecule has 1 aromatic carbocycles. The van der Waals surface area contributed by atoms with Gasteiger partial charge in [-0.2, -0.15) is 0 Å². The maximum absolute atomic E-state index is 11.4. The predicted octanol–water partition coefficient (Wildman–Crippen LogP) is 4.55. The first-order chi connectivity index (χ1) is 7.40. The molecule has 1 rings (SSSR count). The molecule has 0 aliphatic carbocycles. The second kappa shape index (κ2) is 5.58. The number of carbonyl (C=O) groups excluding carboxylic acids is 1. The van der Waals surface area contributed by atoms with Crippen molar-refractivity contribution in [1.82, 2.24) is 0 Å². The van der Waals surface area contributed by atoms with Gasteiger partial charge in [0.25, 0.3) is 0 Å². The van der Waals surface area contributed by atoms with E-state index in [1.165, 1.54) is 18.2 Å². The zero-order valence-electron chi connectivity index (χ0n) is 8.77. The lowest BCUT2D eigenvalue weighted by molar-refractivity contribution is -0.111. The van der Waals surface area contributed by atoms with Crippen LogP contribution < -0.4 is 5.32 Å². The lowest BCUT2D eigenvalue weighted by Gasteiger charge is -2.06. The second-order valence-corrected chi connectivity index (χ2v) is 4.68. The maximum Gasteiger partial charge on any atom is 0.248 e. The lowest BCUT2D eigenvalue weighted by Crippen LogP contribution is -2.08. The van der Waals surface area contributed by atoms with E-state index in [2.05, 4.69) is 5.32 Å². The zero-order chi connectivity index (χ0) is 12.3. The molecule has 5 heteroatoms. The van der Waals surface area contributed by atoms with Gasteiger partial charge in [0, 0.05) is 6.08 Å². The van der Waals surface area contributed by atoms with Crippen molar-refractivity contribution in [3.8, 4) is 0 Å². The fourth-order valence-corrected chi connectivity index (χ4v) is 1.64. The van der Waals surface area contributed by atoms with Crippen molar-refractivity contribution in [2.45, 2.75) is 13.8 Å². The van der Waals surface area contributed by atoms with Gasteiger partial charge >= 0.3 is 0 Å². The molecular weight excluding hydrogens is 268 g/mol. The van der Waals surface area contributed by atoms with Crippen LogP contribution in [-0.4, -0.2) is 5.91 Å². The summed E-state index contributed by atoms with van der Waals surface area (Å²) in [7, 11) is 0. The van der Waals surface area contributed by atoms with Crippen LogP contribution in [0.1, 0.15) is 13.8 Å². The highest BCUT2D eigenvalue weighted by molar-refractivity contribution is 6.44. The van der Waals surface area contributed by atoms with Crippen LogP contribution >= 0.6 is 34.8 Å². The van der Waals surface area contributed by atoms with Gasteiger partial charge < -0.3 is 5.32 Å². The molecule has 0 aliphatic heterocycles. The SMILES string of the molecule is CC(C)=CC(=O)Nc1cc(Cl)c(Cl)cc1Cl. The van der Waals surface area contributed by atoms with Crippen LogP contribution in [0, 0.1) is 0 Å². The smallest absolute Gasteiger partial charge is 0.248 e. The largest absolute Gasteiger partial charge is 0.321 e. The van der Waals surface area contributed by atoms with Gasteiger partial charge in [0.2, 0.25) is 5.91 Å². The van der Waals surface area contributed by atoms with Crippen LogP contribution in [0.4, 0.5) is 5.69 Å². The summed E-state index contributed by atoms with van der Waals surface area (Å²) in [6.07, 6.45) is 1.47. The molecule has 0 saturated carbocycles. The van der Waals surface area contributed by atoms with E-state index in [1.807, 2.05) is 13.8 Å². The summed E-state index contributed by atoms with van der Waals surface area (Å²) < 4.78 is 0. The van der Waals surface area contributed by atoms with Crippen LogP contribution in [0.25, 0.3) is 0 Å². The Bertz CT molecular complexity index is 451. The Hall–Kier alpha value is -0.700. The van der Waals surface area contributed by atoms with E-state index >= 15 is 0 Å². The molecule has 1 aromatic rings. The molecule has 0 unspecified atom stereocenters. The molecule has 1 amide bonds. The van der Waals surface area contributed by atoms with Crippen molar-refractivity contribution < 1.29 is 4.79 Å². The van der Waals surface area contributed by atoms with Gasteiger partial charge in [-0.1, -0.05) is 40.4 Å². The molecule has 86 valence electrons. The van der Waals surface area contributed by atoms with E-state index in [0.29, 0.717) is 20.8 Å². The van der Waals surface area contributed by atoms with Gasteiger partial charge in [0.05, 0.1) is 20.8 Å². The average molecular weight is 279 g/mol. The number of nitrogens with one attached hydrogen (secondary N) is 1. The third-order valence-electron chi connectivity index (χ3n) is 1.69. The summed E-state index contributed by atoms with van der Waals surface area (Å²) in [6.45, 7) is 3.66. The van der Waals surface area contributed by atoms with Crippen molar-refractivity contribution in [2.24, 2.45) is 0 Å². The van der Waals surface area contributed by atoms with E-state index < -0.39 is 0 Å². The summed E-state index contributed by atoms with van der Waals surface area (Å²) in [6, 6.07) is 3.01. The van der Waals surface area contributed by atoms with Gasteiger partial charge in [-0.15, -0.1) is 0 Å². The van der Waals surface area contributed by atoms with Crippen LogP contribution in [-0.2, 0) is 4.79 Å². The predicted molar refractivity (Wildman–Crippen MR) is 69.5 cm³/mol. The zero-order valence-corrected chi connectivity index (χ0v) is 11.0. The van der Waals surface area contributed by atoms with Crippen LogP contribution in [0.2, 0.25) is 15.1 Å². The van der Waals surface area contributed by atoms with Gasteiger partial charge in [-0.3, -0.25) is 4.79 Å². The molecule has 0 atom stereocenters. The molecule has 0 aromatic heterocycles. The fraction of sp³-hybridized carbons (Fsp3) is 0.182. The first-order valence-corrected chi connectivity index (χ1v) is 5.64. The third kappa shape index (κ3) is 3.71. The number of rotatable bonds is 2. The Kier molecular flexibility index (Phi) is 4.66. The molecule has 0 saturated heterocycles. The highest BCUT2D eigenvalue weighted by atomic mass is 35.5. The highest BCUT2D eigenvalue weighted by Crippen LogP contribution is 2.32. The van der Waals surface area contributed by atoms with Gasteiger partial charge in [-0.05, 0) is 26.0 Å². The lowest BCUT2D eigenvalue weighted by atomic mass is 10.3. The fourth-order valence-electron chi connectivity index (χ4n) is 1.05. The number of amides is 1. The van der Waals surface area contributed by atoms with Crippen LogP contribution in [0.15, 0.2) is 23.8 Å². The van der Waals surface area contributed by atoms with Crippen LogP contribution in [0.5, 0.6) is 0 Å². The van der Waals surface area contributed by atoms with E-state index in [0.717, 1.165) is 5.57 Å². The third-order valence-corrected chi connectivity index (χ3v) is 2.72. The molecule has 1 N–H and O–H groups in total. The van der Waals surface area contributed by atoms with Gasteiger partial charge in [0.15, 0.2) is 0 Å². The maximum atomic E-state index is 11.4. The van der Waals surface area contributed by atoms with Crippen molar-refractivity contribution >= 4 is 46.4 Å². The monoisotopic (exact) mass is 277 g/mol. The summed E-state index contributed by atoms with van der Waals surface area (Å²) >= 11 is 17.5. The average Bonchev–Trinajstić information content (AvgIpc) is 2.12. The topological polar surface area (TPSA) is 29.1 Å². The standard InChI is InChI=1S/C11H10Cl3NO/c1-6(2)3-11(16)15-10-5-8(13)7(12)4-9(10)14/h3-5H,1-2H3,(H,15,16). The summed E-state index contributed by atoms with van der Waals surface area (Å²) in [5, 5.41) is 3.67. The molecule has 0 fully saturated rings. The molecule has 0 radical (unpaired) electrons. The van der Waals surface area contributed by atoms with E-state index in [4.69, 9.17) is 34.8 Å². The highest BCUT2D eigenvalue weighted by Gasteiger charge is 2.07. The molecule has 0 bridgehead atoms. The molecule has 2 nitrogen and oxygen atoms in total. The number of hydrogen-bond acceptors (Lipinski definition) is 1. The van der Waals surface area contributed by atoms with E-state index in [-0.39, 0.29) is 5.91 Å². The Morgan fingerprint density at radius 2 is 1.69 bits per heavy atom. The molecule has 16 heavy (non-hydrogen) atoms. The number of halogens is 3. The molecule has 0 aliphatic rings. The van der Waals surface area contributed by atoms with Crippen LogP contribution in [0.3, 0.4) is 0 Å². The van der Waals surface area contributed by atoms with Crippen molar-refractivity contribution in [3.63, 3.8) is 0 Å². The first-order valence-electron chi connectivity index (χ1n) is 4.50. The Morgan fingerprint density at radius 1 is 1.12 bits per heavy atom. The summed E-state index contributed by atoms with van der Waals surface area (Å²) in [5.41, 5.74) is 1.34. The molecule has 0 heterocycles. The van der Waals surface area contributed by atoms with Crippen molar-refractivity contribution in [2.75, 3.05) is 5.32 Å². The van der Waals surface area contributed by atoms with E-state index in [9.17, 15) is 4.79 Å². The van der Waals surface area contributed by atoms with E-state index in [1.54, 1.807) is 0 Å². The van der Waals surface area contributed by atoms with Crippen molar-refractivity contribution in [1.29, 1.82) is 0 Å². The summed E-state index contributed by atoms with van der Waals surface area (Å²) in [4.78, 5) is 11.4. The normalized spacial score (nSPS) is 9.81. The number of benzene rings is 1. The Morgan fingerprint density at radius 3 is 2.25 bits per heavy atom. The number of anilines is 1. The minimum Gasteiger partial charge on any atom is -0.321 e. The molecule has 0 spiro atoms. The Labute approximate surface area is 109 Å². The second-order valence-electron chi connectivity index (χ2n) is 3.46. The molecular formula is C11H10Cl3NO. The number of allylic oxidation sites excluding steroid dienone is 1.